The number of fused-ring (bicyclic) bond motifs is 2. The predicted octanol–water partition coefficient (Wildman–Crippen LogP) is 5.41. The Kier molecular flexibility index (Phi) is 4.77. The molecule has 0 saturated carbocycles. The minimum atomic E-state index is -0.849. The molecule has 3 aromatic carbocycles. The van der Waals surface area contributed by atoms with Crippen molar-refractivity contribution in [3.8, 4) is 0 Å². The maximum atomic E-state index is 13.1. The molecule has 5 aromatic rings. The van der Waals surface area contributed by atoms with Gasteiger partial charge in [-0.1, -0.05) is 53.7 Å². The van der Waals surface area contributed by atoms with Crippen LogP contribution in [0.1, 0.15) is 28.5 Å². The van der Waals surface area contributed by atoms with Gasteiger partial charge in [-0.25, -0.2) is 9.59 Å². The number of nitrogens with zero attached hydrogens (tertiary/aromatic N) is 2. The molecule has 7 nitrogen and oxygen atoms in total. The molecule has 2 aromatic heterocycles. The third-order valence-electron chi connectivity index (χ3n) is 6.20. The number of amidine groups is 1. The van der Waals surface area contributed by atoms with Crippen LogP contribution in [0.5, 0.6) is 0 Å². The minimum Gasteiger partial charge on any atom is -0.423 e. The van der Waals surface area contributed by atoms with Crippen LogP contribution in [0.15, 0.2) is 102 Å². The molecule has 1 unspecified atom stereocenters. The first-order valence-electron chi connectivity index (χ1n) is 11.2. The Hall–Kier alpha value is -4.65. The lowest BCUT2D eigenvalue weighted by Crippen LogP contribution is -2.34. The van der Waals surface area contributed by atoms with Gasteiger partial charge in [0, 0.05) is 22.4 Å². The summed E-state index contributed by atoms with van der Waals surface area (Å²) in [6, 6.07) is 24.0. The standard InChI is InChI=1S/C28H20N2O5/c1-16-13-25(31)33-24-12-17(2)22(15-20(16)24)30-26(18-8-4-3-5-9-18)29-35-27(30)21-14-19-10-6-7-11-23(19)34-28(21)32/h3-15,27H,1-2H3. The second kappa shape index (κ2) is 7.99. The van der Waals surface area contributed by atoms with Crippen molar-refractivity contribution in [3.63, 3.8) is 0 Å². The van der Waals surface area contributed by atoms with Gasteiger partial charge >= 0.3 is 11.3 Å². The van der Waals surface area contributed by atoms with Gasteiger partial charge in [0.1, 0.15) is 16.7 Å². The van der Waals surface area contributed by atoms with Crippen molar-refractivity contribution in [2.75, 3.05) is 4.90 Å². The summed E-state index contributed by atoms with van der Waals surface area (Å²) in [4.78, 5) is 32.8. The van der Waals surface area contributed by atoms with Crippen molar-refractivity contribution < 1.29 is 13.7 Å². The van der Waals surface area contributed by atoms with Crippen LogP contribution in [-0.4, -0.2) is 5.84 Å². The number of aryl methyl sites for hydroxylation is 2. The minimum absolute atomic E-state index is 0.328. The number of hydrogen-bond donors (Lipinski definition) is 0. The van der Waals surface area contributed by atoms with E-state index in [1.54, 1.807) is 12.1 Å². The summed E-state index contributed by atoms with van der Waals surface area (Å²) < 4.78 is 11.0. The van der Waals surface area contributed by atoms with Gasteiger partial charge in [-0.3, -0.25) is 4.90 Å². The molecule has 0 radical (unpaired) electrons. The molecular formula is C28H20N2O5. The van der Waals surface area contributed by atoms with Crippen LogP contribution in [0.2, 0.25) is 0 Å². The van der Waals surface area contributed by atoms with E-state index in [-0.39, 0.29) is 0 Å². The van der Waals surface area contributed by atoms with Gasteiger partial charge in [0.05, 0.1) is 5.69 Å². The van der Waals surface area contributed by atoms with Crippen LogP contribution in [0.25, 0.3) is 21.9 Å². The molecule has 0 spiro atoms. The highest BCUT2D eigenvalue weighted by molar-refractivity contribution is 6.11. The zero-order valence-electron chi connectivity index (χ0n) is 19.0. The molecule has 7 heteroatoms. The number of anilines is 1. The summed E-state index contributed by atoms with van der Waals surface area (Å²) >= 11 is 0. The Labute approximate surface area is 199 Å². The highest BCUT2D eigenvalue weighted by Crippen LogP contribution is 2.38. The van der Waals surface area contributed by atoms with Gasteiger partial charge in [0.15, 0.2) is 5.84 Å². The maximum absolute atomic E-state index is 13.1. The van der Waals surface area contributed by atoms with Gasteiger partial charge in [-0.2, -0.15) is 0 Å². The molecule has 0 bridgehead atoms. The topological polar surface area (TPSA) is 85.2 Å². The van der Waals surface area contributed by atoms with Crippen LogP contribution in [0.3, 0.4) is 0 Å². The van der Waals surface area contributed by atoms with Crippen LogP contribution in [0, 0.1) is 13.8 Å². The fraction of sp³-hybridized carbons (Fsp3) is 0.107. The lowest BCUT2D eigenvalue weighted by Gasteiger charge is -2.27. The molecule has 0 N–H and O–H groups in total. The van der Waals surface area contributed by atoms with Gasteiger partial charge in [-0.05, 0) is 49.2 Å². The molecule has 0 aliphatic carbocycles. The third-order valence-corrected chi connectivity index (χ3v) is 6.20. The van der Waals surface area contributed by atoms with E-state index < -0.39 is 17.5 Å². The van der Waals surface area contributed by atoms with Crippen molar-refractivity contribution in [1.29, 1.82) is 0 Å². The summed E-state index contributed by atoms with van der Waals surface area (Å²) in [5, 5.41) is 5.96. The zero-order valence-corrected chi connectivity index (χ0v) is 19.0. The summed E-state index contributed by atoms with van der Waals surface area (Å²) in [6.45, 7) is 3.78. The van der Waals surface area contributed by atoms with Crippen molar-refractivity contribution in [2.45, 2.75) is 20.1 Å². The first kappa shape index (κ1) is 20.9. The number of benzene rings is 3. The predicted molar refractivity (Wildman–Crippen MR) is 134 cm³/mol. The summed E-state index contributed by atoms with van der Waals surface area (Å²) in [7, 11) is 0. The average Bonchev–Trinajstić information content (AvgIpc) is 3.28. The normalized spacial score (nSPS) is 15.4. The molecule has 1 atom stereocenters. The lowest BCUT2D eigenvalue weighted by atomic mass is 10.0. The maximum Gasteiger partial charge on any atom is 0.345 e. The summed E-state index contributed by atoms with van der Waals surface area (Å²) in [5.74, 6) is 0.556. The third kappa shape index (κ3) is 3.49. The fourth-order valence-electron chi connectivity index (χ4n) is 4.48. The Bertz CT molecular complexity index is 1750. The van der Waals surface area contributed by atoms with Crippen molar-refractivity contribution in [3.05, 3.63) is 122 Å². The molecular weight excluding hydrogens is 444 g/mol. The molecule has 0 amide bonds. The van der Waals surface area contributed by atoms with E-state index in [0.29, 0.717) is 22.6 Å². The Morgan fingerprint density at radius 3 is 2.40 bits per heavy atom. The van der Waals surface area contributed by atoms with Crippen molar-refractivity contribution in [1.82, 2.24) is 0 Å². The van der Waals surface area contributed by atoms with Crippen LogP contribution < -0.4 is 16.2 Å². The van der Waals surface area contributed by atoms with E-state index in [9.17, 15) is 9.59 Å². The summed E-state index contributed by atoms with van der Waals surface area (Å²) in [6.07, 6.45) is -0.849. The van der Waals surface area contributed by atoms with Crippen LogP contribution >= 0.6 is 0 Å². The number of hydrogen-bond acceptors (Lipinski definition) is 7. The van der Waals surface area contributed by atoms with Gasteiger partial charge in [-0.15, -0.1) is 0 Å². The Morgan fingerprint density at radius 1 is 0.800 bits per heavy atom. The van der Waals surface area contributed by atoms with Gasteiger partial charge in [0.25, 0.3) is 0 Å². The van der Waals surface area contributed by atoms with Gasteiger partial charge < -0.3 is 13.7 Å². The van der Waals surface area contributed by atoms with Crippen LogP contribution in [-0.2, 0) is 4.84 Å². The van der Waals surface area contributed by atoms with Crippen molar-refractivity contribution in [2.24, 2.45) is 5.16 Å². The lowest BCUT2D eigenvalue weighted by molar-refractivity contribution is 0.0844. The Balaban J connectivity index is 1.58. The fourth-order valence-corrected chi connectivity index (χ4v) is 4.48. The van der Waals surface area contributed by atoms with Crippen LogP contribution in [0.4, 0.5) is 5.69 Å². The molecule has 172 valence electrons. The average molecular weight is 464 g/mol. The molecule has 1 aliphatic rings. The zero-order chi connectivity index (χ0) is 24.1. The summed E-state index contributed by atoms with van der Waals surface area (Å²) in [5.41, 5.74) is 3.65. The largest absolute Gasteiger partial charge is 0.423 e. The van der Waals surface area contributed by atoms with E-state index >= 15 is 0 Å². The van der Waals surface area contributed by atoms with E-state index in [4.69, 9.17) is 13.7 Å². The highest BCUT2D eigenvalue weighted by Gasteiger charge is 2.37. The van der Waals surface area contributed by atoms with E-state index in [1.165, 1.54) is 6.07 Å². The molecule has 1 aliphatic heterocycles. The molecule has 0 fully saturated rings. The smallest absolute Gasteiger partial charge is 0.345 e. The second-order valence-electron chi connectivity index (χ2n) is 8.52. The number of rotatable bonds is 3. The monoisotopic (exact) mass is 464 g/mol. The van der Waals surface area contributed by atoms with E-state index in [2.05, 4.69) is 5.16 Å². The number of para-hydroxylation sites is 1. The van der Waals surface area contributed by atoms with E-state index in [0.717, 1.165) is 33.2 Å². The molecule has 0 saturated heterocycles. The van der Waals surface area contributed by atoms with Gasteiger partial charge in [0.2, 0.25) is 6.23 Å². The molecule has 35 heavy (non-hydrogen) atoms. The first-order chi connectivity index (χ1) is 17.0. The van der Waals surface area contributed by atoms with E-state index in [1.807, 2.05) is 79.4 Å². The second-order valence-corrected chi connectivity index (χ2v) is 8.52. The molecule has 6 rings (SSSR count). The highest BCUT2D eigenvalue weighted by atomic mass is 16.7. The first-order valence-corrected chi connectivity index (χ1v) is 11.2. The SMILES string of the molecule is Cc1cc2oc(=O)cc(C)c2cc1N1C(c2ccccc2)=NOC1c1cc2ccccc2oc1=O. The van der Waals surface area contributed by atoms with Crippen molar-refractivity contribution >= 4 is 33.5 Å². The Morgan fingerprint density at radius 2 is 1.57 bits per heavy atom. The molecule has 3 heterocycles. The number of oxime groups is 1. The quantitative estimate of drug-likeness (QED) is 0.332.